The summed E-state index contributed by atoms with van der Waals surface area (Å²) in [6, 6.07) is 13.6. The van der Waals surface area contributed by atoms with Gasteiger partial charge in [0.15, 0.2) is 0 Å². The van der Waals surface area contributed by atoms with Crippen molar-refractivity contribution in [2.45, 2.75) is 41.2 Å². The van der Waals surface area contributed by atoms with Gasteiger partial charge < -0.3 is 24.5 Å². The molecule has 0 aliphatic heterocycles. The number of carbonyl (C=O) groups is 1. The fraction of sp³-hybridized carbons (Fsp3) is 0.259. The van der Waals surface area contributed by atoms with Crippen molar-refractivity contribution in [3.05, 3.63) is 83.0 Å². The van der Waals surface area contributed by atoms with Crippen molar-refractivity contribution >= 4 is 11.7 Å². The minimum absolute atomic E-state index is 0.234. The summed E-state index contributed by atoms with van der Waals surface area (Å²) in [7, 11) is 0. The number of nitrogens with zero attached hydrogens (tertiary/aromatic N) is 2. The van der Waals surface area contributed by atoms with Gasteiger partial charge in [-0.25, -0.2) is 4.79 Å². The van der Waals surface area contributed by atoms with Gasteiger partial charge in [0, 0.05) is 36.7 Å². The van der Waals surface area contributed by atoms with Gasteiger partial charge in [-0.15, -0.1) is 0 Å². The number of aromatic nitrogens is 2. The zero-order chi connectivity index (χ0) is 24.2. The molecule has 2 amide bonds. The molecule has 0 unspecified atom stereocenters. The van der Waals surface area contributed by atoms with Crippen LogP contribution in [0.15, 0.2) is 59.4 Å². The predicted molar refractivity (Wildman–Crippen MR) is 134 cm³/mol. The highest BCUT2D eigenvalue weighted by Gasteiger charge is 2.15. The quantitative estimate of drug-likeness (QED) is 0.341. The topological polar surface area (TPSA) is 81.3 Å². The fourth-order valence-electron chi connectivity index (χ4n) is 4.14. The second-order valence-electron chi connectivity index (χ2n) is 8.58. The predicted octanol–water partition coefficient (Wildman–Crippen LogP) is 6.30. The summed E-state index contributed by atoms with van der Waals surface area (Å²) in [6.07, 6.45) is 3.94. The molecule has 2 heterocycles. The standard InChI is InChI=1S/C27H30N4O3/c1-17-12-22(25-20(4)30-34-21(25)5)16-24(13-17)33-26-18(2)14-23(15-19(26)3)29-27(32)28-8-11-31-9-6-7-10-31/h6-7,9-10,12-16H,8,11H2,1-5H3,(H2,28,29,32). The number of carbonyl (C=O) groups excluding carboxylic acids is 1. The van der Waals surface area contributed by atoms with Crippen LogP contribution >= 0.6 is 0 Å². The van der Waals surface area contributed by atoms with Gasteiger partial charge >= 0.3 is 6.03 Å². The molecule has 0 radical (unpaired) electrons. The molecule has 7 heteroatoms. The summed E-state index contributed by atoms with van der Waals surface area (Å²) < 4.78 is 13.7. The zero-order valence-electron chi connectivity index (χ0n) is 20.2. The van der Waals surface area contributed by atoms with Crippen LogP contribution in [-0.4, -0.2) is 22.3 Å². The fourth-order valence-corrected chi connectivity index (χ4v) is 4.14. The van der Waals surface area contributed by atoms with Crippen molar-refractivity contribution in [1.29, 1.82) is 0 Å². The molecule has 7 nitrogen and oxygen atoms in total. The van der Waals surface area contributed by atoms with Crippen LogP contribution in [0, 0.1) is 34.6 Å². The zero-order valence-corrected chi connectivity index (χ0v) is 20.2. The first-order valence-corrected chi connectivity index (χ1v) is 11.3. The van der Waals surface area contributed by atoms with Crippen molar-refractivity contribution in [2.75, 3.05) is 11.9 Å². The van der Waals surface area contributed by atoms with Gasteiger partial charge in [0.25, 0.3) is 0 Å². The Hall–Kier alpha value is -4.00. The lowest BCUT2D eigenvalue weighted by molar-refractivity contribution is 0.251. The Morgan fingerprint density at radius 1 is 1.00 bits per heavy atom. The number of nitrogens with one attached hydrogen (secondary N) is 2. The van der Waals surface area contributed by atoms with Gasteiger partial charge in [-0.3, -0.25) is 0 Å². The van der Waals surface area contributed by atoms with Gasteiger partial charge in [-0.2, -0.15) is 0 Å². The highest BCUT2D eigenvalue weighted by Crippen LogP contribution is 2.35. The molecule has 0 aliphatic carbocycles. The van der Waals surface area contributed by atoms with Crippen molar-refractivity contribution in [3.63, 3.8) is 0 Å². The highest BCUT2D eigenvalue weighted by molar-refractivity contribution is 5.89. The van der Waals surface area contributed by atoms with Crippen LogP contribution in [0.3, 0.4) is 0 Å². The monoisotopic (exact) mass is 458 g/mol. The molecule has 4 rings (SSSR count). The number of benzene rings is 2. The Kier molecular flexibility index (Phi) is 6.72. The first-order chi connectivity index (χ1) is 16.3. The van der Waals surface area contributed by atoms with Gasteiger partial charge in [0.1, 0.15) is 17.3 Å². The van der Waals surface area contributed by atoms with Crippen LogP contribution in [0.4, 0.5) is 10.5 Å². The van der Waals surface area contributed by atoms with Gasteiger partial charge in [-0.05, 0) is 93.3 Å². The van der Waals surface area contributed by atoms with E-state index in [-0.39, 0.29) is 6.03 Å². The van der Waals surface area contributed by atoms with E-state index in [1.165, 1.54) is 0 Å². The van der Waals surface area contributed by atoms with E-state index in [4.69, 9.17) is 9.26 Å². The van der Waals surface area contributed by atoms with Crippen molar-refractivity contribution in [1.82, 2.24) is 15.0 Å². The maximum Gasteiger partial charge on any atom is 0.319 e. The van der Waals surface area contributed by atoms with Crippen molar-refractivity contribution in [2.24, 2.45) is 0 Å². The average Bonchev–Trinajstić information content (AvgIpc) is 3.40. The molecule has 0 bridgehead atoms. The van der Waals surface area contributed by atoms with E-state index in [0.29, 0.717) is 6.54 Å². The Balaban J connectivity index is 1.47. The molecule has 0 saturated heterocycles. The molecule has 2 aromatic carbocycles. The summed E-state index contributed by atoms with van der Waals surface area (Å²) in [5.41, 5.74) is 6.52. The Morgan fingerprint density at radius 3 is 2.35 bits per heavy atom. The van der Waals surface area contributed by atoms with Gasteiger partial charge in [0.2, 0.25) is 0 Å². The number of rotatable bonds is 7. The Morgan fingerprint density at radius 2 is 1.71 bits per heavy atom. The van der Waals surface area contributed by atoms with E-state index in [0.717, 1.165) is 63.0 Å². The number of anilines is 1. The first-order valence-electron chi connectivity index (χ1n) is 11.3. The maximum atomic E-state index is 12.3. The molecular formula is C27H30N4O3. The minimum atomic E-state index is -0.234. The molecular weight excluding hydrogens is 428 g/mol. The normalized spacial score (nSPS) is 10.9. The second kappa shape index (κ2) is 9.87. The summed E-state index contributed by atoms with van der Waals surface area (Å²) >= 11 is 0. The van der Waals surface area contributed by atoms with E-state index >= 15 is 0 Å². The number of hydrogen-bond donors (Lipinski definition) is 2. The smallest absolute Gasteiger partial charge is 0.319 e. The van der Waals surface area contributed by atoms with Crippen molar-refractivity contribution < 1.29 is 14.1 Å². The number of ether oxygens (including phenoxy) is 1. The molecule has 2 N–H and O–H groups in total. The Bertz CT molecular complexity index is 1260. The Labute approximate surface area is 199 Å². The lowest BCUT2D eigenvalue weighted by Crippen LogP contribution is -2.31. The second-order valence-corrected chi connectivity index (χ2v) is 8.58. The van der Waals surface area contributed by atoms with Crippen LogP contribution in [0.25, 0.3) is 11.1 Å². The van der Waals surface area contributed by atoms with E-state index in [1.54, 1.807) is 0 Å². The number of hydrogen-bond acceptors (Lipinski definition) is 4. The lowest BCUT2D eigenvalue weighted by Gasteiger charge is -2.16. The third kappa shape index (κ3) is 5.31. The van der Waals surface area contributed by atoms with Gasteiger partial charge in [-0.1, -0.05) is 11.2 Å². The van der Waals surface area contributed by atoms with E-state index in [1.807, 2.05) is 88.0 Å². The summed E-state index contributed by atoms with van der Waals surface area (Å²) in [5.74, 6) is 2.29. The molecule has 0 atom stereocenters. The third-order valence-corrected chi connectivity index (χ3v) is 5.63. The molecule has 2 aromatic heterocycles. The highest BCUT2D eigenvalue weighted by atomic mass is 16.5. The maximum absolute atomic E-state index is 12.3. The lowest BCUT2D eigenvalue weighted by atomic mass is 10.0. The molecule has 0 saturated carbocycles. The summed E-state index contributed by atoms with van der Waals surface area (Å²) in [6.45, 7) is 11.1. The largest absolute Gasteiger partial charge is 0.457 e. The molecule has 176 valence electrons. The number of amides is 2. The number of aryl methyl sites for hydroxylation is 5. The summed E-state index contributed by atoms with van der Waals surface area (Å²) in [4.78, 5) is 12.3. The van der Waals surface area contributed by atoms with Crippen molar-refractivity contribution in [3.8, 4) is 22.6 Å². The first kappa shape index (κ1) is 23.2. The van der Waals surface area contributed by atoms with Crippen LogP contribution in [0.5, 0.6) is 11.5 Å². The molecule has 0 spiro atoms. The average molecular weight is 459 g/mol. The van der Waals surface area contributed by atoms with E-state index in [9.17, 15) is 4.79 Å². The molecule has 34 heavy (non-hydrogen) atoms. The summed E-state index contributed by atoms with van der Waals surface area (Å²) in [5, 5.41) is 9.87. The molecule has 0 aliphatic rings. The minimum Gasteiger partial charge on any atom is -0.457 e. The van der Waals surface area contributed by atoms with Crippen LogP contribution in [-0.2, 0) is 6.54 Å². The van der Waals surface area contributed by atoms with E-state index in [2.05, 4.69) is 21.9 Å². The van der Waals surface area contributed by atoms with Crippen LogP contribution in [0.2, 0.25) is 0 Å². The van der Waals surface area contributed by atoms with E-state index < -0.39 is 0 Å². The third-order valence-electron chi connectivity index (χ3n) is 5.63. The van der Waals surface area contributed by atoms with Gasteiger partial charge in [0.05, 0.1) is 5.69 Å². The van der Waals surface area contributed by atoms with Crippen LogP contribution < -0.4 is 15.4 Å². The number of urea groups is 1. The molecule has 4 aromatic rings. The SMILES string of the molecule is Cc1cc(Oc2c(C)cc(NC(=O)NCCn3cccc3)cc2C)cc(-c2c(C)noc2C)c1. The van der Waals surface area contributed by atoms with Crippen LogP contribution in [0.1, 0.15) is 28.1 Å². The molecule has 0 fully saturated rings.